The fraction of sp³-hybridized carbons (Fsp3) is 0.174. The third-order valence-electron chi connectivity index (χ3n) is 4.68. The number of methoxy groups -OCH3 is 1. The van der Waals surface area contributed by atoms with Gasteiger partial charge in [0.25, 0.3) is 11.8 Å². The Morgan fingerprint density at radius 1 is 0.867 bits per heavy atom. The van der Waals surface area contributed by atoms with E-state index in [9.17, 15) is 14.4 Å². The van der Waals surface area contributed by atoms with E-state index < -0.39 is 5.97 Å². The van der Waals surface area contributed by atoms with Gasteiger partial charge in [0.05, 0.1) is 17.6 Å². The number of carbonyl (C=O) groups is 3. The zero-order valence-corrected chi connectivity index (χ0v) is 18.0. The fourth-order valence-electron chi connectivity index (χ4n) is 2.94. The molecule has 0 aliphatic rings. The molecule has 7 heteroatoms. The normalized spacial score (nSPS) is 10.4. The van der Waals surface area contributed by atoms with Crippen LogP contribution in [0.3, 0.4) is 0 Å². The Morgan fingerprint density at radius 2 is 1.53 bits per heavy atom. The lowest BCUT2D eigenvalue weighted by Crippen LogP contribution is -2.14. The lowest BCUT2D eigenvalue weighted by molar-refractivity contribution is 0.0601. The van der Waals surface area contributed by atoms with E-state index in [4.69, 9.17) is 4.74 Å². The van der Waals surface area contributed by atoms with Gasteiger partial charge in [-0.15, -0.1) is 11.3 Å². The SMILES string of the molecule is COC(=O)c1c(NC(=O)c2ccc(C)cc2)sc(C(=O)Nc2ccccc2C)c1C. The first-order valence-electron chi connectivity index (χ1n) is 9.28. The molecule has 30 heavy (non-hydrogen) atoms. The highest BCUT2D eigenvalue weighted by molar-refractivity contribution is 7.19. The van der Waals surface area contributed by atoms with Crippen molar-refractivity contribution in [1.82, 2.24) is 0 Å². The van der Waals surface area contributed by atoms with E-state index in [1.165, 1.54) is 7.11 Å². The molecule has 3 aromatic rings. The molecular weight excluding hydrogens is 400 g/mol. The maximum Gasteiger partial charge on any atom is 0.341 e. The summed E-state index contributed by atoms with van der Waals surface area (Å²) < 4.78 is 4.88. The topological polar surface area (TPSA) is 84.5 Å². The molecule has 0 atom stereocenters. The maximum atomic E-state index is 12.9. The van der Waals surface area contributed by atoms with Gasteiger partial charge in [-0.3, -0.25) is 9.59 Å². The Hall–Kier alpha value is -3.45. The van der Waals surface area contributed by atoms with Gasteiger partial charge in [-0.2, -0.15) is 0 Å². The van der Waals surface area contributed by atoms with Crippen LogP contribution >= 0.6 is 11.3 Å². The van der Waals surface area contributed by atoms with Gasteiger partial charge >= 0.3 is 5.97 Å². The van der Waals surface area contributed by atoms with E-state index in [1.54, 1.807) is 25.1 Å². The molecule has 154 valence electrons. The van der Waals surface area contributed by atoms with Crippen molar-refractivity contribution in [3.63, 3.8) is 0 Å². The number of amides is 2. The van der Waals surface area contributed by atoms with Crippen molar-refractivity contribution < 1.29 is 19.1 Å². The number of carbonyl (C=O) groups excluding carboxylic acids is 3. The zero-order chi connectivity index (χ0) is 21.8. The lowest BCUT2D eigenvalue weighted by atomic mass is 10.1. The van der Waals surface area contributed by atoms with Crippen molar-refractivity contribution in [3.8, 4) is 0 Å². The van der Waals surface area contributed by atoms with Gasteiger partial charge in [0.2, 0.25) is 0 Å². The minimum atomic E-state index is -0.613. The summed E-state index contributed by atoms with van der Waals surface area (Å²) in [5.41, 5.74) is 3.72. The third-order valence-corrected chi connectivity index (χ3v) is 5.88. The van der Waals surface area contributed by atoms with E-state index >= 15 is 0 Å². The van der Waals surface area contributed by atoms with Gasteiger partial charge < -0.3 is 15.4 Å². The first-order valence-corrected chi connectivity index (χ1v) is 10.1. The number of hydrogen-bond acceptors (Lipinski definition) is 5. The molecule has 0 aliphatic heterocycles. The van der Waals surface area contributed by atoms with Crippen LogP contribution in [0.4, 0.5) is 10.7 Å². The number of benzene rings is 2. The summed E-state index contributed by atoms with van der Waals surface area (Å²) in [4.78, 5) is 38.2. The number of anilines is 2. The van der Waals surface area contributed by atoms with Gasteiger partial charge in [-0.1, -0.05) is 35.9 Å². The quantitative estimate of drug-likeness (QED) is 0.569. The molecule has 1 heterocycles. The highest BCUT2D eigenvalue weighted by Gasteiger charge is 2.26. The lowest BCUT2D eigenvalue weighted by Gasteiger charge is -2.07. The van der Waals surface area contributed by atoms with Crippen LogP contribution < -0.4 is 10.6 Å². The van der Waals surface area contributed by atoms with E-state index in [1.807, 2.05) is 44.2 Å². The predicted molar refractivity (Wildman–Crippen MR) is 119 cm³/mol. The maximum absolute atomic E-state index is 12.9. The van der Waals surface area contributed by atoms with Gasteiger partial charge in [0.1, 0.15) is 5.00 Å². The van der Waals surface area contributed by atoms with E-state index in [0.717, 1.165) is 22.5 Å². The van der Waals surface area contributed by atoms with E-state index in [0.29, 0.717) is 21.7 Å². The molecule has 0 unspecified atom stereocenters. The zero-order valence-electron chi connectivity index (χ0n) is 17.2. The minimum Gasteiger partial charge on any atom is -0.465 e. The average Bonchev–Trinajstić information content (AvgIpc) is 3.05. The van der Waals surface area contributed by atoms with Crippen LogP contribution in [0.5, 0.6) is 0 Å². The summed E-state index contributed by atoms with van der Waals surface area (Å²) in [6, 6.07) is 14.5. The van der Waals surface area contributed by atoms with Crippen molar-refractivity contribution in [2.24, 2.45) is 0 Å². The second kappa shape index (κ2) is 8.92. The number of aryl methyl sites for hydroxylation is 2. The Morgan fingerprint density at radius 3 is 2.17 bits per heavy atom. The Kier molecular flexibility index (Phi) is 6.32. The first-order chi connectivity index (χ1) is 14.3. The average molecular weight is 423 g/mol. The highest BCUT2D eigenvalue weighted by atomic mass is 32.1. The van der Waals surface area contributed by atoms with Crippen LogP contribution in [0.1, 0.15) is 47.1 Å². The third kappa shape index (κ3) is 4.41. The Balaban J connectivity index is 1.94. The number of nitrogens with one attached hydrogen (secondary N) is 2. The van der Waals surface area contributed by atoms with Gasteiger partial charge in [0, 0.05) is 11.3 Å². The number of esters is 1. The number of hydrogen-bond donors (Lipinski definition) is 2. The minimum absolute atomic E-state index is 0.179. The first kappa shape index (κ1) is 21.3. The standard InChI is InChI=1S/C23H22N2O4S/c1-13-9-11-16(12-10-13)20(26)25-22-18(23(28)29-4)15(3)19(30-22)21(27)24-17-8-6-5-7-14(17)2/h5-12H,1-4H3,(H,24,27)(H,25,26). The molecule has 0 fully saturated rings. The molecule has 0 spiro atoms. The molecule has 0 saturated heterocycles. The summed E-state index contributed by atoms with van der Waals surface area (Å²) in [6.45, 7) is 5.49. The number of rotatable bonds is 5. The summed E-state index contributed by atoms with van der Waals surface area (Å²) in [7, 11) is 1.26. The van der Waals surface area contributed by atoms with Gasteiger partial charge in [-0.25, -0.2) is 4.79 Å². The number of para-hydroxylation sites is 1. The monoisotopic (exact) mass is 422 g/mol. The summed E-state index contributed by atoms with van der Waals surface area (Å²) in [6.07, 6.45) is 0. The van der Waals surface area contributed by atoms with Crippen molar-refractivity contribution in [1.29, 1.82) is 0 Å². The van der Waals surface area contributed by atoms with Gasteiger partial charge in [-0.05, 0) is 50.1 Å². The molecule has 6 nitrogen and oxygen atoms in total. The second-order valence-electron chi connectivity index (χ2n) is 6.84. The molecule has 0 bridgehead atoms. The number of ether oxygens (including phenoxy) is 1. The summed E-state index contributed by atoms with van der Waals surface area (Å²) in [5, 5.41) is 5.89. The van der Waals surface area contributed by atoms with Crippen molar-refractivity contribution in [3.05, 3.63) is 81.2 Å². The van der Waals surface area contributed by atoms with Crippen molar-refractivity contribution >= 4 is 39.8 Å². The van der Waals surface area contributed by atoms with Crippen LogP contribution in [0.15, 0.2) is 48.5 Å². The molecular formula is C23H22N2O4S. The van der Waals surface area contributed by atoms with Crippen LogP contribution in [0, 0.1) is 20.8 Å². The van der Waals surface area contributed by atoms with Crippen molar-refractivity contribution in [2.75, 3.05) is 17.7 Å². The van der Waals surface area contributed by atoms with Crippen LogP contribution in [-0.2, 0) is 4.74 Å². The Labute approximate surface area is 178 Å². The predicted octanol–water partition coefficient (Wildman–Crippen LogP) is 4.96. The molecule has 2 N–H and O–H groups in total. The largest absolute Gasteiger partial charge is 0.465 e. The summed E-state index contributed by atoms with van der Waals surface area (Å²) >= 11 is 1.04. The van der Waals surface area contributed by atoms with Crippen molar-refractivity contribution in [2.45, 2.75) is 20.8 Å². The van der Waals surface area contributed by atoms with Crippen LogP contribution in [0.2, 0.25) is 0 Å². The summed E-state index contributed by atoms with van der Waals surface area (Å²) in [5.74, 6) is -1.34. The molecule has 2 amide bonds. The van der Waals surface area contributed by atoms with E-state index in [-0.39, 0.29) is 22.4 Å². The smallest absolute Gasteiger partial charge is 0.341 e. The second-order valence-corrected chi connectivity index (χ2v) is 7.86. The van der Waals surface area contributed by atoms with Gasteiger partial charge in [0.15, 0.2) is 0 Å². The fourth-order valence-corrected chi connectivity index (χ4v) is 4.02. The molecule has 2 aromatic carbocycles. The molecule has 0 radical (unpaired) electrons. The number of thiophene rings is 1. The molecule has 1 aromatic heterocycles. The van der Waals surface area contributed by atoms with Crippen LogP contribution in [-0.4, -0.2) is 24.9 Å². The van der Waals surface area contributed by atoms with Crippen LogP contribution in [0.25, 0.3) is 0 Å². The molecule has 0 aliphatic carbocycles. The highest BCUT2D eigenvalue weighted by Crippen LogP contribution is 2.34. The Bertz CT molecular complexity index is 1120. The molecule has 3 rings (SSSR count). The van der Waals surface area contributed by atoms with E-state index in [2.05, 4.69) is 10.6 Å². The molecule has 0 saturated carbocycles.